The molecule has 0 aromatic rings. The van der Waals surface area contributed by atoms with E-state index in [0.29, 0.717) is 0 Å². The summed E-state index contributed by atoms with van der Waals surface area (Å²) < 4.78 is 15.7. The van der Waals surface area contributed by atoms with Gasteiger partial charge in [-0.25, -0.2) is 0 Å². The maximum Gasteiger partial charge on any atom is 0.306 e. The standard InChI is InChI=1S/C11H19NO6/c1-4-16-10(13)5-8(6-12(14)15)9-7-17-11(2,3)18-9/h8-9H,4-7H2,1-3H3/t8-,9?/m1/s1. The van der Waals surface area contributed by atoms with Crippen LogP contribution in [0.1, 0.15) is 27.2 Å². The second-order valence-electron chi connectivity index (χ2n) is 4.65. The Labute approximate surface area is 106 Å². The molecule has 0 bridgehead atoms. The molecule has 1 aliphatic rings. The quantitative estimate of drug-likeness (QED) is 0.402. The van der Waals surface area contributed by atoms with Crippen molar-refractivity contribution in [2.45, 2.75) is 39.1 Å². The molecule has 1 unspecified atom stereocenters. The molecule has 2 atom stereocenters. The average molecular weight is 261 g/mol. The molecule has 1 aliphatic heterocycles. The summed E-state index contributed by atoms with van der Waals surface area (Å²) in [5.41, 5.74) is 0. The van der Waals surface area contributed by atoms with Crippen LogP contribution in [0.3, 0.4) is 0 Å². The Hall–Kier alpha value is -1.21. The summed E-state index contributed by atoms with van der Waals surface area (Å²) in [6.07, 6.45) is -0.478. The number of nitro groups is 1. The average Bonchev–Trinajstić information content (AvgIpc) is 2.57. The normalized spacial score (nSPS) is 23.6. The van der Waals surface area contributed by atoms with Crippen LogP contribution in [-0.2, 0) is 19.0 Å². The van der Waals surface area contributed by atoms with Crippen molar-refractivity contribution in [2.24, 2.45) is 5.92 Å². The van der Waals surface area contributed by atoms with Crippen LogP contribution >= 0.6 is 0 Å². The van der Waals surface area contributed by atoms with Crippen molar-refractivity contribution < 1.29 is 23.9 Å². The Kier molecular flexibility index (Phi) is 5.03. The lowest BCUT2D eigenvalue weighted by Gasteiger charge is -2.21. The smallest absolute Gasteiger partial charge is 0.306 e. The summed E-state index contributed by atoms with van der Waals surface area (Å²) >= 11 is 0. The van der Waals surface area contributed by atoms with Crippen LogP contribution in [0.5, 0.6) is 0 Å². The van der Waals surface area contributed by atoms with Gasteiger partial charge in [-0.05, 0) is 20.8 Å². The summed E-state index contributed by atoms with van der Waals surface area (Å²) in [6, 6.07) is 0. The number of ether oxygens (including phenoxy) is 3. The molecule has 104 valence electrons. The van der Waals surface area contributed by atoms with Crippen LogP contribution in [0.25, 0.3) is 0 Å². The fraction of sp³-hybridized carbons (Fsp3) is 0.909. The third-order valence-electron chi connectivity index (χ3n) is 2.67. The van der Waals surface area contributed by atoms with Crippen molar-refractivity contribution in [3.63, 3.8) is 0 Å². The zero-order valence-electron chi connectivity index (χ0n) is 10.9. The van der Waals surface area contributed by atoms with E-state index in [-0.39, 0.29) is 26.2 Å². The minimum atomic E-state index is -0.756. The molecule has 0 radical (unpaired) electrons. The third kappa shape index (κ3) is 4.58. The molecule has 0 aromatic carbocycles. The second-order valence-corrected chi connectivity index (χ2v) is 4.65. The number of hydrogen-bond acceptors (Lipinski definition) is 6. The van der Waals surface area contributed by atoms with E-state index >= 15 is 0 Å². The Bertz CT molecular complexity index is 317. The van der Waals surface area contributed by atoms with Gasteiger partial charge in [-0.15, -0.1) is 0 Å². The number of rotatable bonds is 6. The van der Waals surface area contributed by atoms with Gasteiger partial charge in [-0.2, -0.15) is 0 Å². The topological polar surface area (TPSA) is 87.9 Å². The Morgan fingerprint density at radius 2 is 2.28 bits per heavy atom. The summed E-state index contributed by atoms with van der Waals surface area (Å²) in [5, 5.41) is 10.6. The van der Waals surface area contributed by atoms with Gasteiger partial charge in [0, 0.05) is 4.92 Å². The summed E-state index contributed by atoms with van der Waals surface area (Å²) in [7, 11) is 0. The lowest BCUT2D eigenvalue weighted by molar-refractivity contribution is -0.490. The number of carbonyl (C=O) groups excluding carboxylic acids is 1. The molecule has 18 heavy (non-hydrogen) atoms. The van der Waals surface area contributed by atoms with Crippen LogP contribution in [0.2, 0.25) is 0 Å². The van der Waals surface area contributed by atoms with Gasteiger partial charge in [0.1, 0.15) is 0 Å². The minimum absolute atomic E-state index is 0.0288. The van der Waals surface area contributed by atoms with E-state index in [1.54, 1.807) is 20.8 Å². The molecule has 7 nitrogen and oxygen atoms in total. The highest BCUT2D eigenvalue weighted by Gasteiger charge is 2.40. The first-order valence-electron chi connectivity index (χ1n) is 5.93. The van der Waals surface area contributed by atoms with Crippen LogP contribution in [0.15, 0.2) is 0 Å². The first kappa shape index (κ1) is 14.8. The number of hydrogen-bond donors (Lipinski definition) is 0. The van der Waals surface area contributed by atoms with E-state index in [9.17, 15) is 14.9 Å². The number of nitrogens with zero attached hydrogens (tertiary/aromatic N) is 1. The molecule has 0 saturated carbocycles. The SMILES string of the molecule is CCOC(=O)C[C@H](C[N+](=O)[O-])C1COC(C)(C)O1. The Balaban J connectivity index is 2.61. The van der Waals surface area contributed by atoms with Crippen molar-refractivity contribution in [2.75, 3.05) is 19.8 Å². The summed E-state index contributed by atoms with van der Waals surface area (Å²) in [6.45, 7) is 5.35. The van der Waals surface area contributed by atoms with Crippen molar-refractivity contribution in [3.8, 4) is 0 Å². The molecule has 0 spiro atoms. The summed E-state index contributed by atoms with van der Waals surface area (Å²) in [5.74, 6) is -1.73. The minimum Gasteiger partial charge on any atom is -0.466 e. The predicted octanol–water partition coefficient (Wildman–Crippen LogP) is 0.984. The molecule has 1 saturated heterocycles. The van der Waals surface area contributed by atoms with Gasteiger partial charge in [0.25, 0.3) is 0 Å². The molecule has 0 amide bonds. The number of esters is 1. The van der Waals surface area contributed by atoms with E-state index in [0.717, 1.165) is 0 Å². The van der Waals surface area contributed by atoms with Gasteiger partial charge in [-0.3, -0.25) is 14.9 Å². The molecule has 0 aliphatic carbocycles. The van der Waals surface area contributed by atoms with Crippen molar-refractivity contribution in [1.29, 1.82) is 0 Å². The molecule has 7 heteroatoms. The van der Waals surface area contributed by atoms with Gasteiger partial charge in [0.05, 0.1) is 31.7 Å². The monoisotopic (exact) mass is 261 g/mol. The fourth-order valence-electron chi connectivity index (χ4n) is 1.89. The van der Waals surface area contributed by atoms with Crippen LogP contribution < -0.4 is 0 Å². The maximum absolute atomic E-state index is 11.4. The van der Waals surface area contributed by atoms with Crippen LogP contribution in [0.4, 0.5) is 0 Å². The molecular weight excluding hydrogens is 242 g/mol. The highest BCUT2D eigenvalue weighted by molar-refractivity contribution is 5.69. The summed E-state index contributed by atoms with van der Waals surface area (Å²) in [4.78, 5) is 21.6. The molecule has 0 N–H and O–H groups in total. The van der Waals surface area contributed by atoms with Crippen molar-refractivity contribution in [3.05, 3.63) is 10.1 Å². The lowest BCUT2D eigenvalue weighted by atomic mass is 9.99. The molecule has 1 fully saturated rings. The van der Waals surface area contributed by atoms with E-state index in [4.69, 9.17) is 14.2 Å². The third-order valence-corrected chi connectivity index (χ3v) is 2.67. The largest absolute Gasteiger partial charge is 0.466 e. The second kappa shape index (κ2) is 6.10. The van der Waals surface area contributed by atoms with E-state index in [2.05, 4.69) is 0 Å². The zero-order valence-corrected chi connectivity index (χ0v) is 10.9. The molecular formula is C11H19NO6. The van der Waals surface area contributed by atoms with Gasteiger partial charge in [0.15, 0.2) is 5.79 Å². The lowest BCUT2D eigenvalue weighted by Crippen LogP contribution is -2.33. The highest BCUT2D eigenvalue weighted by Crippen LogP contribution is 2.28. The van der Waals surface area contributed by atoms with E-state index < -0.39 is 28.7 Å². The molecule has 1 heterocycles. The van der Waals surface area contributed by atoms with Crippen molar-refractivity contribution in [1.82, 2.24) is 0 Å². The van der Waals surface area contributed by atoms with Crippen LogP contribution in [0, 0.1) is 16.0 Å². The molecule has 0 aromatic heterocycles. The Morgan fingerprint density at radius 3 is 2.72 bits per heavy atom. The van der Waals surface area contributed by atoms with Gasteiger partial charge < -0.3 is 14.2 Å². The van der Waals surface area contributed by atoms with Crippen LogP contribution in [-0.4, -0.2) is 42.5 Å². The molecule has 1 rings (SSSR count). The predicted molar refractivity (Wildman–Crippen MR) is 61.5 cm³/mol. The van der Waals surface area contributed by atoms with Crippen molar-refractivity contribution >= 4 is 5.97 Å². The van der Waals surface area contributed by atoms with E-state index in [1.165, 1.54) is 0 Å². The van der Waals surface area contributed by atoms with Gasteiger partial charge in [-0.1, -0.05) is 0 Å². The number of carbonyl (C=O) groups is 1. The fourth-order valence-corrected chi connectivity index (χ4v) is 1.89. The first-order valence-corrected chi connectivity index (χ1v) is 5.93. The Morgan fingerprint density at radius 1 is 1.61 bits per heavy atom. The highest BCUT2D eigenvalue weighted by atomic mass is 16.7. The first-order chi connectivity index (χ1) is 8.34. The van der Waals surface area contributed by atoms with Gasteiger partial charge >= 0.3 is 5.97 Å². The maximum atomic E-state index is 11.4. The van der Waals surface area contributed by atoms with E-state index in [1.807, 2.05) is 0 Å². The van der Waals surface area contributed by atoms with Gasteiger partial charge in [0.2, 0.25) is 6.54 Å². The zero-order chi connectivity index (χ0) is 13.8.